The Morgan fingerprint density at radius 3 is 2.96 bits per heavy atom. The van der Waals surface area contributed by atoms with Crippen molar-refractivity contribution in [2.24, 2.45) is 0 Å². The van der Waals surface area contributed by atoms with Crippen LogP contribution in [0.1, 0.15) is 31.2 Å². The summed E-state index contributed by atoms with van der Waals surface area (Å²) in [6.07, 6.45) is 8.72. The van der Waals surface area contributed by atoms with Gasteiger partial charge in [0, 0.05) is 37.6 Å². The lowest BCUT2D eigenvalue weighted by atomic mass is 9.91. The molecule has 6 nitrogen and oxygen atoms in total. The van der Waals surface area contributed by atoms with Crippen LogP contribution in [0.2, 0.25) is 0 Å². The predicted octanol–water partition coefficient (Wildman–Crippen LogP) is 2.34. The van der Waals surface area contributed by atoms with Crippen LogP contribution in [0, 0.1) is 11.8 Å². The molecule has 0 radical (unpaired) electrons. The van der Waals surface area contributed by atoms with Gasteiger partial charge in [0.05, 0.1) is 6.20 Å². The third kappa shape index (κ3) is 3.87. The molecule has 1 atom stereocenters. The number of amides is 1. The third-order valence-corrected chi connectivity index (χ3v) is 4.02. The molecule has 122 valence electrons. The SMILES string of the molecule is CC#CC(=O)N1CCCC(c2ccnc(Nc3cnccn3)c2)C1. The molecule has 1 unspecified atom stereocenters. The predicted molar refractivity (Wildman–Crippen MR) is 91.6 cm³/mol. The molecule has 1 aliphatic rings. The van der Waals surface area contributed by atoms with Crippen molar-refractivity contribution in [2.45, 2.75) is 25.7 Å². The number of piperidine rings is 1. The van der Waals surface area contributed by atoms with E-state index in [4.69, 9.17) is 0 Å². The van der Waals surface area contributed by atoms with Crippen molar-refractivity contribution in [1.82, 2.24) is 19.9 Å². The Balaban J connectivity index is 1.73. The van der Waals surface area contributed by atoms with Gasteiger partial charge in [-0.15, -0.1) is 0 Å². The second-order valence-corrected chi connectivity index (χ2v) is 5.66. The van der Waals surface area contributed by atoms with Crippen LogP contribution in [0.5, 0.6) is 0 Å². The van der Waals surface area contributed by atoms with Crippen LogP contribution in [0.4, 0.5) is 11.6 Å². The van der Waals surface area contributed by atoms with Crippen LogP contribution in [0.25, 0.3) is 0 Å². The zero-order chi connectivity index (χ0) is 16.8. The third-order valence-electron chi connectivity index (χ3n) is 4.02. The monoisotopic (exact) mass is 321 g/mol. The zero-order valence-corrected chi connectivity index (χ0v) is 13.6. The molecule has 1 aliphatic heterocycles. The normalized spacial score (nSPS) is 16.9. The van der Waals surface area contributed by atoms with E-state index in [9.17, 15) is 4.79 Å². The smallest absolute Gasteiger partial charge is 0.298 e. The average Bonchev–Trinajstić information content (AvgIpc) is 2.63. The van der Waals surface area contributed by atoms with E-state index in [2.05, 4.69) is 32.1 Å². The number of carbonyl (C=O) groups is 1. The van der Waals surface area contributed by atoms with E-state index < -0.39 is 0 Å². The van der Waals surface area contributed by atoms with E-state index >= 15 is 0 Å². The van der Waals surface area contributed by atoms with Gasteiger partial charge < -0.3 is 10.2 Å². The van der Waals surface area contributed by atoms with Crippen LogP contribution < -0.4 is 5.32 Å². The highest BCUT2D eigenvalue weighted by Gasteiger charge is 2.24. The molecule has 2 aromatic rings. The van der Waals surface area contributed by atoms with Crippen molar-refractivity contribution in [3.63, 3.8) is 0 Å². The van der Waals surface area contributed by atoms with Gasteiger partial charge in [0.15, 0.2) is 0 Å². The number of hydrogen-bond donors (Lipinski definition) is 1. The van der Waals surface area contributed by atoms with E-state index in [1.807, 2.05) is 17.0 Å². The summed E-state index contributed by atoms with van der Waals surface area (Å²) in [6.45, 7) is 3.16. The Bertz CT molecular complexity index is 766. The number of pyridine rings is 1. The van der Waals surface area contributed by atoms with Gasteiger partial charge in [0.25, 0.3) is 5.91 Å². The number of carbonyl (C=O) groups excluding carboxylic acids is 1. The van der Waals surface area contributed by atoms with Gasteiger partial charge in [-0.1, -0.05) is 5.92 Å². The number of aromatic nitrogens is 3. The van der Waals surface area contributed by atoms with Crippen LogP contribution in [0.3, 0.4) is 0 Å². The molecule has 0 aliphatic carbocycles. The lowest BCUT2D eigenvalue weighted by Crippen LogP contribution is -2.38. The highest BCUT2D eigenvalue weighted by atomic mass is 16.2. The molecule has 0 bridgehead atoms. The van der Waals surface area contributed by atoms with Crippen LogP contribution in [-0.2, 0) is 4.79 Å². The molecule has 1 N–H and O–H groups in total. The molecule has 3 rings (SSSR count). The quantitative estimate of drug-likeness (QED) is 0.879. The van der Waals surface area contributed by atoms with Gasteiger partial charge >= 0.3 is 0 Å². The first-order valence-corrected chi connectivity index (χ1v) is 7.97. The van der Waals surface area contributed by atoms with Crippen molar-refractivity contribution in [2.75, 3.05) is 18.4 Å². The maximum atomic E-state index is 12.0. The highest BCUT2D eigenvalue weighted by Crippen LogP contribution is 2.28. The number of nitrogens with one attached hydrogen (secondary N) is 1. The first-order chi connectivity index (χ1) is 11.8. The minimum Gasteiger partial charge on any atom is -0.331 e. The van der Waals surface area contributed by atoms with Gasteiger partial charge in [-0.3, -0.25) is 9.78 Å². The van der Waals surface area contributed by atoms with Crippen molar-refractivity contribution in [1.29, 1.82) is 0 Å². The zero-order valence-electron chi connectivity index (χ0n) is 13.6. The second-order valence-electron chi connectivity index (χ2n) is 5.66. The molecule has 24 heavy (non-hydrogen) atoms. The Morgan fingerprint density at radius 2 is 2.17 bits per heavy atom. The minimum absolute atomic E-state index is 0.0887. The number of anilines is 2. The summed E-state index contributed by atoms with van der Waals surface area (Å²) in [4.78, 5) is 26.4. The van der Waals surface area contributed by atoms with E-state index in [0.29, 0.717) is 18.3 Å². The summed E-state index contributed by atoms with van der Waals surface area (Å²) in [5.74, 6) is 6.90. The second kappa shape index (κ2) is 7.55. The highest BCUT2D eigenvalue weighted by molar-refractivity contribution is 5.93. The van der Waals surface area contributed by atoms with Crippen molar-refractivity contribution < 1.29 is 4.79 Å². The fraction of sp³-hybridized carbons (Fsp3) is 0.333. The molecule has 3 heterocycles. The Hall–Kier alpha value is -2.94. The maximum absolute atomic E-state index is 12.0. The molecular formula is C18H19N5O. The van der Waals surface area contributed by atoms with E-state index in [-0.39, 0.29) is 5.91 Å². The summed E-state index contributed by atoms with van der Waals surface area (Å²) in [5, 5.41) is 3.15. The number of rotatable bonds is 3. The maximum Gasteiger partial charge on any atom is 0.298 e. The van der Waals surface area contributed by atoms with E-state index in [0.717, 1.165) is 25.2 Å². The lowest BCUT2D eigenvalue weighted by molar-refractivity contribution is -0.126. The lowest BCUT2D eigenvalue weighted by Gasteiger charge is -2.31. The molecule has 2 aromatic heterocycles. The number of likely N-dealkylation sites (tertiary alicyclic amines) is 1. The standard InChI is InChI=1S/C18H19N5O/c1-2-4-18(24)23-10-3-5-15(13-23)14-6-7-20-16(11-14)22-17-12-19-8-9-21-17/h6-9,11-12,15H,3,5,10,13H2,1H3,(H,20,21,22). The number of hydrogen-bond acceptors (Lipinski definition) is 5. The van der Waals surface area contributed by atoms with Gasteiger partial charge in [-0.25, -0.2) is 9.97 Å². The fourth-order valence-corrected chi connectivity index (χ4v) is 2.88. The van der Waals surface area contributed by atoms with E-state index in [1.54, 1.807) is 31.7 Å². The van der Waals surface area contributed by atoms with Crippen LogP contribution >= 0.6 is 0 Å². The molecule has 0 aromatic carbocycles. The van der Waals surface area contributed by atoms with Crippen molar-refractivity contribution >= 4 is 17.5 Å². The van der Waals surface area contributed by atoms with Gasteiger partial charge in [0.2, 0.25) is 0 Å². The molecular weight excluding hydrogens is 302 g/mol. The molecule has 0 saturated carbocycles. The minimum atomic E-state index is -0.0887. The Morgan fingerprint density at radius 1 is 1.29 bits per heavy atom. The van der Waals surface area contributed by atoms with Gasteiger partial charge in [0.1, 0.15) is 11.6 Å². The summed E-state index contributed by atoms with van der Waals surface area (Å²) in [5.41, 5.74) is 1.17. The van der Waals surface area contributed by atoms with E-state index in [1.165, 1.54) is 5.56 Å². The van der Waals surface area contributed by atoms with Crippen molar-refractivity contribution in [3.8, 4) is 11.8 Å². The summed E-state index contributed by atoms with van der Waals surface area (Å²) >= 11 is 0. The molecule has 6 heteroatoms. The number of nitrogens with zero attached hydrogens (tertiary/aromatic N) is 4. The van der Waals surface area contributed by atoms with Crippen LogP contribution in [0.15, 0.2) is 36.9 Å². The fourth-order valence-electron chi connectivity index (χ4n) is 2.88. The van der Waals surface area contributed by atoms with Crippen LogP contribution in [-0.4, -0.2) is 38.8 Å². The largest absolute Gasteiger partial charge is 0.331 e. The molecule has 1 saturated heterocycles. The summed E-state index contributed by atoms with van der Waals surface area (Å²) in [6, 6.07) is 4.02. The summed E-state index contributed by atoms with van der Waals surface area (Å²) in [7, 11) is 0. The van der Waals surface area contributed by atoms with Crippen molar-refractivity contribution in [3.05, 3.63) is 42.5 Å². The molecule has 1 fully saturated rings. The summed E-state index contributed by atoms with van der Waals surface area (Å²) < 4.78 is 0. The average molecular weight is 321 g/mol. The first kappa shape index (κ1) is 15.9. The molecule has 0 spiro atoms. The Labute approximate surface area is 141 Å². The first-order valence-electron chi connectivity index (χ1n) is 7.97. The molecule has 1 amide bonds. The Kier molecular flexibility index (Phi) is 5.02. The van der Waals surface area contributed by atoms with Gasteiger partial charge in [-0.2, -0.15) is 0 Å². The topological polar surface area (TPSA) is 71.0 Å². The van der Waals surface area contributed by atoms with Gasteiger partial charge in [-0.05, 0) is 43.4 Å².